The number of unbranched alkanes of at least 4 members (excludes halogenated alkanes) is 2. The maximum absolute atomic E-state index is 11.4. The molecule has 0 N–H and O–H groups in total. The highest BCUT2D eigenvalue weighted by Gasteiger charge is 2.09. The van der Waals surface area contributed by atoms with Crippen LogP contribution in [0.5, 0.6) is 0 Å². The summed E-state index contributed by atoms with van der Waals surface area (Å²) < 4.78 is 9.81. The summed E-state index contributed by atoms with van der Waals surface area (Å²) in [6.45, 7) is 5.71. The van der Waals surface area contributed by atoms with Gasteiger partial charge in [-0.25, -0.2) is 0 Å². The lowest BCUT2D eigenvalue weighted by Gasteiger charge is -2.13. The Morgan fingerprint density at radius 2 is 2.00 bits per heavy atom. The van der Waals surface area contributed by atoms with Crippen LogP contribution in [0.3, 0.4) is 0 Å². The standard InChI is InChI=1S/C14H26O4/c1-3-8-13(4-2)11-18-14(16)9-6-5-7-10-17-12-15/h12-13H,3-11H2,1-2H3. The van der Waals surface area contributed by atoms with E-state index in [0.717, 1.165) is 38.5 Å². The van der Waals surface area contributed by atoms with E-state index in [1.165, 1.54) is 0 Å². The molecule has 0 saturated heterocycles. The highest BCUT2D eigenvalue weighted by Crippen LogP contribution is 2.11. The molecule has 0 saturated carbocycles. The molecular formula is C14H26O4. The molecule has 0 aromatic heterocycles. The van der Waals surface area contributed by atoms with Gasteiger partial charge in [0.05, 0.1) is 13.2 Å². The summed E-state index contributed by atoms with van der Waals surface area (Å²) in [5.41, 5.74) is 0. The van der Waals surface area contributed by atoms with Crippen molar-refractivity contribution in [3.8, 4) is 0 Å². The van der Waals surface area contributed by atoms with Crippen molar-refractivity contribution >= 4 is 12.4 Å². The first kappa shape index (κ1) is 16.9. The minimum absolute atomic E-state index is 0.110. The maximum Gasteiger partial charge on any atom is 0.305 e. The molecule has 0 aliphatic rings. The fourth-order valence-electron chi connectivity index (χ4n) is 1.78. The molecule has 0 bridgehead atoms. The van der Waals surface area contributed by atoms with Crippen LogP contribution in [0.15, 0.2) is 0 Å². The van der Waals surface area contributed by atoms with Gasteiger partial charge in [0.2, 0.25) is 0 Å². The van der Waals surface area contributed by atoms with E-state index in [9.17, 15) is 9.59 Å². The van der Waals surface area contributed by atoms with Gasteiger partial charge in [-0.1, -0.05) is 26.7 Å². The van der Waals surface area contributed by atoms with Crippen molar-refractivity contribution in [3.63, 3.8) is 0 Å². The van der Waals surface area contributed by atoms with Crippen molar-refractivity contribution in [2.24, 2.45) is 5.92 Å². The Kier molecular flexibility index (Phi) is 11.7. The number of carbonyl (C=O) groups is 2. The third kappa shape index (κ3) is 10.1. The third-order valence-electron chi connectivity index (χ3n) is 2.97. The molecular weight excluding hydrogens is 232 g/mol. The number of carbonyl (C=O) groups excluding carboxylic acids is 2. The molecule has 0 aliphatic carbocycles. The Morgan fingerprint density at radius 3 is 2.61 bits per heavy atom. The van der Waals surface area contributed by atoms with Crippen LogP contribution in [0.4, 0.5) is 0 Å². The van der Waals surface area contributed by atoms with Crippen LogP contribution in [0, 0.1) is 5.92 Å². The predicted molar refractivity (Wildman–Crippen MR) is 70.1 cm³/mol. The van der Waals surface area contributed by atoms with Crippen molar-refractivity contribution in [2.45, 2.75) is 58.8 Å². The van der Waals surface area contributed by atoms with Gasteiger partial charge < -0.3 is 9.47 Å². The third-order valence-corrected chi connectivity index (χ3v) is 2.97. The van der Waals surface area contributed by atoms with E-state index in [1.54, 1.807) is 0 Å². The van der Waals surface area contributed by atoms with E-state index >= 15 is 0 Å². The van der Waals surface area contributed by atoms with Crippen LogP contribution in [0.2, 0.25) is 0 Å². The zero-order chi connectivity index (χ0) is 13.6. The molecule has 1 atom stereocenters. The molecule has 0 rings (SSSR count). The van der Waals surface area contributed by atoms with Gasteiger partial charge in [-0.15, -0.1) is 0 Å². The normalized spacial score (nSPS) is 11.9. The smallest absolute Gasteiger partial charge is 0.305 e. The maximum atomic E-state index is 11.4. The summed E-state index contributed by atoms with van der Waals surface area (Å²) in [4.78, 5) is 21.3. The van der Waals surface area contributed by atoms with Gasteiger partial charge in [0.15, 0.2) is 0 Å². The SMILES string of the molecule is CCCC(CC)COC(=O)CCCCCOC=O. The first-order chi connectivity index (χ1) is 8.74. The first-order valence-corrected chi connectivity index (χ1v) is 6.95. The second-order valence-electron chi connectivity index (χ2n) is 4.52. The molecule has 0 fully saturated rings. The summed E-state index contributed by atoms with van der Waals surface area (Å²) in [6.07, 6.45) is 6.26. The Balaban J connectivity index is 3.44. The van der Waals surface area contributed by atoms with Crippen LogP contribution in [-0.2, 0) is 19.1 Å². The van der Waals surface area contributed by atoms with Crippen LogP contribution < -0.4 is 0 Å². The van der Waals surface area contributed by atoms with E-state index < -0.39 is 0 Å². The molecule has 4 nitrogen and oxygen atoms in total. The Bertz CT molecular complexity index is 216. The number of esters is 1. The van der Waals surface area contributed by atoms with Crippen LogP contribution in [0.25, 0.3) is 0 Å². The molecule has 106 valence electrons. The second kappa shape index (κ2) is 12.4. The molecule has 4 heteroatoms. The fourth-order valence-corrected chi connectivity index (χ4v) is 1.78. The molecule has 18 heavy (non-hydrogen) atoms. The number of hydrogen-bond acceptors (Lipinski definition) is 4. The summed E-state index contributed by atoms with van der Waals surface area (Å²) in [7, 11) is 0. The fraction of sp³-hybridized carbons (Fsp3) is 0.857. The van der Waals surface area contributed by atoms with Gasteiger partial charge in [-0.2, -0.15) is 0 Å². The lowest BCUT2D eigenvalue weighted by molar-refractivity contribution is -0.145. The lowest BCUT2D eigenvalue weighted by atomic mass is 10.0. The Morgan fingerprint density at radius 1 is 1.22 bits per heavy atom. The molecule has 0 aliphatic heterocycles. The van der Waals surface area contributed by atoms with Gasteiger partial charge in [-0.3, -0.25) is 9.59 Å². The number of ether oxygens (including phenoxy) is 2. The second-order valence-corrected chi connectivity index (χ2v) is 4.52. The molecule has 0 radical (unpaired) electrons. The summed E-state index contributed by atoms with van der Waals surface area (Å²) in [6, 6.07) is 0. The molecule has 0 aromatic carbocycles. The van der Waals surface area contributed by atoms with Crippen LogP contribution >= 0.6 is 0 Å². The van der Waals surface area contributed by atoms with Gasteiger partial charge in [0, 0.05) is 6.42 Å². The van der Waals surface area contributed by atoms with Gasteiger partial charge in [-0.05, 0) is 31.6 Å². The highest BCUT2D eigenvalue weighted by atomic mass is 16.5. The van der Waals surface area contributed by atoms with E-state index in [2.05, 4.69) is 18.6 Å². The summed E-state index contributed by atoms with van der Waals surface area (Å²) in [5.74, 6) is 0.390. The Hall–Kier alpha value is -1.06. The monoisotopic (exact) mass is 258 g/mol. The van der Waals surface area contributed by atoms with Gasteiger partial charge >= 0.3 is 5.97 Å². The topological polar surface area (TPSA) is 52.6 Å². The van der Waals surface area contributed by atoms with Crippen LogP contribution in [0.1, 0.15) is 58.8 Å². The average molecular weight is 258 g/mol. The lowest BCUT2D eigenvalue weighted by Crippen LogP contribution is -2.13. The van der Waals surface area contributed by atoms with E-state index in [-0.39, 0.29) is 5.97 Å². The average Bonchev–Trinajstić information content (AvgIpc) is 2.38. The van der Waals surface area contributed by atoms with Crippen LogP contribution in [-0.4, -0.2) is 25.7 Å². The minimum Gasteiger partial charge on any atom is -0.468 e. The molecule has 1 unspecified atom stereocenters. The zero-order valence-electron chi connectivity index (χ0n) is 11.7. The van der Waals surface area contributed by atoms with Gasteiger partial charge in [0.25, 0.3) is 6.47 Å². The van der Waals surface area contributed by atoms with E-state index in [0.29, 0.717) is 32.0 Å². The van der Waals surface area contributed by atoms with Crippen molar-refractivity contribution < 1.29 is 19.1 Å². The van der Waals surface area contributed by atoms with E-state index in [4.69, 9.17) is 4.74 Å². The largest absolute Gasteiger partial charge is 0.468 e. The number of rotatable bonds is 12. The highest BCUT2D eigenvalue weighted by molar-refractivity contribution is 5.69. The van der Waals surface area contributed by atoms with Crippen molar-refractivity contribution in [3.05, 3.63) is 0 Å². The minimum atomic E-state index is -0.110. The van der Waals surface area contributed by atoms with Crippen molar-refractivity contribution in [2.75, 3.05) is 13.2 Å². The van der Waals surface area contributed by atoms with Crippen molar-refractivity contribution in [1.82, 2.24) is 0 Å². The van der Waals surface area contributed by atoms with Gasteiger partial charge in [0.1, 0.15) is 0 Å². The predicted octanol–water partition coefficient (Wildman–Crippen LogP) is 3.09. The molecule has 0 aromatic rings. The summed E-state index contributed by atoms with van der Waals surface area (Å²) in [5, 5.41) is 0. The molecule has 0 amide bonds. The van der Waals surface area contributed by atoms with Crippen molar-refractivity contribution in [1.29, 1.82) is 0 Å². The molecule has 0 heterocycles. The zero-order valence-corrected chi connectivity index (χ0v) is 11.7. The Labute approximate surface area is 110 Å². The quantitative estimate of drug-likeness (QED) is 0.307. The molecule has 0 spiro atoms. The van der Waals surface area contributed by atoms with E-state index in [1.807, 2.05) is 0 Å². The first-order valence-electron chi connectivity index (χ1n) is 6.95. The number of hydrogen-bond donors (Lipinski definition) is 0. The summed E-state index contributed by atoms with van der Waals surface area (Å²) >= 11 is 0.